The van der Waals surface area contributed by atoms with Gasteiger partial charge in [-0.25, -0.2) is 18.6 Å². The van der Waals surface area contributed by atoms with Crippen LogP contribution in [0.2, 0.25) is 0 Å². The van der Waals surface area contributed by atoms with Gasteiger partial charge in [-0.3, -0.25) is 9.79 Å². The predicted molar refractivity (Wildman–Crippen MR) is 127 cm³/mol. The molecule has 35 heavy (non-hydrogen) atoms. The Morgan fingerprint density at radius 3 is 2.57 bits per heavy atom. The summed E-state index contributed by atoms with van der Waals surface area (Å²) in [6, 6.07) is 1.60. The molecule has 1 aromatic carbocycles. The molecule has 1 N–H and O–H groups in total. The minimum atomic E-state index is -0.977. The van der Waals surface area contributed by atoms with Crippen molar-refractivity contribution in [2.75, 3.05) is 13.7 Å². The van der Waals surface area contributed by atoms with Crippen molar-refractivity contribution in [3.05, 3.63) is 62.7 Å². The maximum atomic E-state index is 14.6. The Hall–Kier alpha value is -3.14. The topological polar surface area (TPSA) is 89.9 Å². The summed E-state index contributed by atoms with van der Waals surface area (Å²) in [7, 11) is 1.38. The zero-order chi connectivity index (χ0) is 25.1. The van der Waals surface area contributed by atoms with Crippen molar-refractivity contribution < 1.29 is 27.8 Å². The SMILES string of the molecule is CCOC(=O)C1=C([C@H]2CC[C@H](C(=O)OC)CC2)NC(c2nccs2)=NC1c1ccc(F)c(F)c1C. The Kier molecular flexibility index (Phi) is 7.59. The maximum absolute atomic E-state index is 14.6. The molecule has 2 heterocycles. The molecule has 0 bridgehead atoms. The van der Waals surface area contributed by atoms with Crippen LogP contribution in [-0.2, 0) is 19.1 Å². The van der Waals surface area contributed by atoms with Crippen LogP contribution in [0.4, 0.5) is 8.78 Å². The van der Waals surface area contributed by atoms with Gasteiger partial charge in [0.15, 0.2) is 22.5 Å². The number of hydrogen-bond acceptors (Lipinski definition) is 8. The van der Waals surface area contributed by atoms with Gasteiger partial charge in [0.2, 0.25) is 0 Å². The molecule has 10 heteroatoms. The molecule has 186 valence electrons. The molecule has 0 spiro atoms. The van der Waals surface area contributed by atoms with Crippen LogP contribution in [0.3, 0.4) is 0 Å². The third-order valence-electron chi connectivity index (χ3n) is 6.55. The summed E-state index contributed by atoms with van der Waals surface area (Å²) in [5.74, 6) is -2.58. The number of hydrogen-bond donors (Lipinski definition) is 1. The van der Waals surface area contributed by atoms with Crippen LogP contribution in [0.1, 0.15) is 54.8 Å². The Balaban J connectivity index is 1.82. The molecule has 0 radical (unpaired) electrons. The standard InChI is InChI=1S/C25H27F2N3O4S/c1-4-34-25(32)18-20(14-5-7-15(8-6-14)24(31)33-3)29-22(23-28-11-12-35-23)30-21(18)16-9-10-17(26)19(27)13(16)2/h9-12,14-15,21H,4-8H2,1-3H3,(H,29,30)/t14-,15-,21?. The Morgan fingerprint density at radius 2 is 1.94 bits per heavy atom. The number of esters is 2. The second-order valence-corrected chi connectivity index (χ2v) is 9.43. The Morgan fingerprint density at radius 1 is 1.20 bits per heavy atom. The van der Waals surface area contributed by atoms with Crippen molar-refractivity contribution in [2.24, 2.45) is 16.8 Å². The third kappa shape index (κ3) is 4.98. The van der Waals surface area contributed by atoms with Crippen LogP contribution in [0, 0.1) is 30.4 Å². The zero-order valence-corrected chi connectivity index (χ0v) is 20.6. The van der Waals surface area contributed by atoms with Crippen LogP contribution in [0.25, 0.3) is 0 Å². The van der Waals surface area contributed by atoms with Gasteiger partial charge in [0.1, 0.15) is 6.04 Å². The van der Waals surface area contributed by atoms with Gasteiger partial charge < -0.3 is 14.8 Å². The number of ether oxygens (including phenoxy) is 2. The number of carbonyl (C=O) groups excluding carboxylic acids is 2. The lowest BCUT2D eigenvalue weighted by molar-refractivity contribution is -0.146. The summed E-state index contributed by atoms with van der Waals surface area (Å²) >= 11 is 1.37. The third-order valence-corrected chi connectivity index (χ3v) is 7.33. The van der Waals surface area contributed by atoms with Crippen LogP contribution in [-0.4, -0.2) is 36.5 Å². The summed E-state index contributed by atoms with van der Waals surface area (Å²) in [5, 5.41) is 5.73. The second kappa shape index (κ2) is 10.6. The normalized spacial score (nSPS) is 22.3. The second-order valence-electron chi connectivity index (χ2n) is 8.54. The molecule has 1 saturated carbocycles. The molecule has 1 aliphatic carbocycles. The fourth-order valence-electron chi connectivity index (χ4n) is 4.74. The average molecular weight is 504 g/mol. The summed E-state index contributed by atoms with van der Waals surface area (Å²) in [5.41, 5.74) is 1.35. The highest BCUT2D eigenvalue weighted by Crippen LogP contribution is 2.41. The molecule has 0 saturated heterocycles. The first-order valence-corrected chi connectivity index (χ1v) is 12.4. The average Bonchev–Trinajstić information content (AvgIpc) is 3.41. The molecular formula is C25H27F2N3O4S. The van der Waals surface area contributed by atoms with Crippen molar-refractivity contribution in [1.82, 2.24) is 10.3 Å². The van der Waals surface area contributed by atoms with Gasteiger partial charge >= 0.3 is 11.9 Å². The first-order chi connectivity index (χ1) is 16.8. The van der Waals surface area contributed by atoms with E-state index in [0.29, 0.717) is 47.8 Å². The van der Waals surface area contributed by atoms with E-state index in [1.165, 1.54) is 31.4 Å². The minimum Gasteiger partial charge on any atom is -0.469 e. The molecule has 2 aromatic rings. The predicted octanol–water partition coefficient (Wildman–Crippen LogP) is 4.62. The molecule has 4 rings (SSSR count). The van der Waals surface area contributed by atoms with Gasteiger partial charge in [-0.2, -0.15) is 0 Å². The number of nitrogens with one attached hydrogen (secondary N) is 1. The lowest BCUT2D eigenvalue weighted by atomic mass is 9.77. The van der Waals surface area contributed by atoms with E-state index < -0.39 is 23.6 Å². The first kappa shape index (κ1) is 25.0. The van der Waals surface area contributed by atoms with Crippen molar-refractivity contribution in [3.63, 3.8) is 0 Å². The van der Waals surface area contributed by atoms with Crippen LogP contribution in [0.5, 0.6) is 0 Å². The molecule has 1 atom stereocenters. The summed E-state index contributed by atoms with van der Waals surface area (Å²) in [6.45, 7) is 3.33. The number of allylic oxidation sites excluding steroid dienone is 1. The molecule has 1 aliphatic heterocycles. The highest BCUT2D eigenvalue weighted by Gasteiger charge is 2.39. The van der Waals surface area contributed by atoms with E-state index >= 15 is 0 Å². The van der Waals surface area contributed by atoms with Gasteiger partial charge in [0.25, 0.3) is 0 Å². The number of rotatable bonds is 6. The molecule has 0 amide bonds. The number of nitrogens with zero attached hydrogens (tertiary/aromatic N) is 2. The molecule has 2 aliphatic rings. The summed E-state index contributed by atoms with van der Waals surface area (Å²) in [6.07, 6.45) is 4.14. The highest BCUT2D eigenvalue weighted by molar-refractivity contribution is 7.11. The maximum Gasteiger partial charge on any atom is 0.338 e. The largest absolute Gasteiger partial charge is 0.469 e. The Labute approximate surface area is 206 Å². The number of thiazole rings is 1. The monoisotopic (exact) mass is 503 g/mol. The van der Waals surface area contributed by atoms with Gasteiger partial charge in [-0.05, 0) is 62.6 Å². The quantitative estimate of drug-likeness (QED) is 0.579. The van der Waals surface area contributed by atoms with Gasteiger partial charge in [-0.1, -0.05) is 6.07 Å². The summed E-state index contributed by atoms with van der Waals surface area (Å²) < 4.78 is 38.8. The fourth-order valence-corrected chi connectivity index (χ4v) is 5.33. The van der Waals surface area contributed by atoms with E-state index in [4.69, 9.17) is 14.5 Å². The number of carbonyl (C=O) groups is 2. The Bertz CT molecular complexity index is 1170. The lowest BCUT2D eigenvalue weighted by Gasteiger charge is -2.34. The lowest BCUT2D eigenvalue weighted by Crippen LogP contribution is -2.38. The molecule has 1 unspecified atom stereocenters. The van der Waals surface area contributed by atoms with Crippen LogP contribution in [0.15, 0.2) is 40.0 Å². The minimum absolute atomic E-state index is 0.0784. The van der Waals surface area contributed by atoms with E-state index in [9.17, 15) is 18.4 Å². The summed E-state index contributed by atoms with van der Waals surface area (Å²) in [4.78, 5) is 34.4. The van der Waals surface area contributed by atoms with E-state index in [0.717, 1.165) is 6.07 Å². The first-order valence-electron chi connectivity index (χ1n) is 11.5. The van der Waals surface area contributed by atoms with Crippen LogP contribution < -0.4 is 5.32 Å². The number of amidine groups is 1. The number of benzene rings is 1. The smallest absolute Gasteiger partial charge is 0.338 e. The molecule has 1 aromatic heterocycles. The number of halogens is 2. The number of aromatic nitrogens is 1. The van der Waals surface area contributed by atoms with Crippen molar-refractivity contribution in [2.45, 2.75) is 45.6 Å². The highest BCUT2D eigenvalue weighted by atomic mass is 32.1. The van der Waals surface area contributed by atoms with Gasteiger partial charge in [0.05, 0.1) is 25.2 Å². The van der Waals surface area contributed by atoms with Crippen molar-refractivity contribution in [1.29, 1.82) is 0 Å². The zero-order valence-electron chi connectivity index (χ0n) is 19.8. The van der Waals surface area contributed by atoms with Crippen molar-refractivity contribution >= 4 is 29.1 Å². The van der Waals surface area contributed by atoms with Crippen LogP contribution >= 0.6 is 11.3 Å². The number of aliphatic imine (C=N–C) groups is 1. The van der Waals surface area contributed by atoms with E-state index in [1.807, 2.05) is 5.38 Å². The number of methoxy groups -OCH3 is 1. The molecule has 7 nitrogen and oxygen atoms in total. The van der Waals surface area contributed by atoms with E-state index in [2.05, 4.69) is 10.3 Å². The molecular weight excluding hydrogens is 476 g/mol. The van der Waals surface area contributed by atoms with Gasteiger partial charge in [0, 0.05) is 17.3 Å². The van der Waals surface area contributed by atoms with Crippen molar-refractivity contribution in [3.8, 4) is 0 Å². The van der Waals surface area contributed by atoms with Gasteiger partial charge in [-0.15, -0.1) is 11.3 Å². The molecule has 1 fully saturated rings. The fraction of sp³-hybridized carbons (Fsp3) is 0.440. The van der Waals surface area contributed by atoms with E-state index in [-0.39, 0.29) is 35.5 Å². The van der Waals surface area contributed by atoms with E-state index in [1.54, 1.807) is 13.1 Å².